The van der Waals surface area contributed by atoms with Crippen LogP contribution < -0.4 is 10.5 Å². The number of nitrogens with one attached hydrogen (secondary N) is 1. The molecule has 0 aliphatic heterocycles. The van der Waals surface area contributed by atoms with Crippen molar-refractivity contribution in [2.45, 2.75) is 42.4 Å². The maximum atomic E-state index is 12.5. The van der Waals surface area contributed by atoms with Crippen molar-refractivity contribution < 1.29 is 16.8 Å². The van der Waals surface area contributed by atoms with E-state index in [2.05, 4.69) is 4.72 Å². The number of rotatable bonds is 7. The molecule has 1 aromatic carbocycles. The summed E-state index contributed by atoms with van der Waals surface area (Å²) >= 11 is 0. The lowest BCUT2D eigenvalue weighted by Crippen LogP contribution is -2.44. The largest absolute Gasteiger partial charge is 0.329 e. The van der Waals surface area contributed by atoms with Gasteiger partial charge in [-0.3, -0.25) is 0 Å². The maximum Gasteiger partial charge on any atom is 0.240 e. The first-order valence-corrected chi connectivity index (χ1v) is 11.2. The van der Waals surface area contributed by atoms with Crippen molar-refractivity contribution in [3.63, 3.8) is 0 Å². The Morgan fingerprint density at radius 1 is 1.13 bits per heavy atom. The number of nitrogens with two attached hydrogens (primary N) is 1. The molecular weight excluding hydrogens is 336 g/mol. The van der Waals surface area contributed by atoms with E-state index >= 15 is 0 Å². The summed E-state index contributed by atoms with van der Waals surface area (Å²) in [4.78, 5) is 0.131. The molecule has 3 N–H and O–H groups in total. The Hall–Kier alpha value is -0.960. The van der Waals surface area contributed by atoms with Gasteiger partial charge in [-0.25, -0.2) is 21.6 Å². The van der Waals surface area contributed by atoms with Gasteiger partial charge in [0.15, 0.2) is 9.84 Å². The maximum absolute atomic E-state index is 12.5. The number of sulfone groups is 1. The van der Waals surface area contributed by atoms with E-state index in [1.165, 1.54) is 24.3 Å². The normalized spacial score (nSPS) is 18.2. The quantitative estimate of drug-likeness (QED) is 0.755. The van der Waals surface area contributed by atoms with Gasteiger partial charge in [0.05, 0.1) is 10.6 Å². The Bertz CT molecular complexity index is 721. The smallest absolute Gasteiger partial charge is 0.240 e. The van der Waals surface area contributed by atoms with Gasteiger partial charge < -0.3 is 5.73 Å². The minimum atomic E-state index is -3.65. The highest BCUT2D eigenvalue weighted by Gasteiger charge is 2.28. The molecule has 0 bridgehead atoms. The van der Waals surface area contributed by atoms with E-state index in [1.807, 2.05) is 0 Å². The second-order valence-corrected chi connectivity index (χ2v) is 10.1. The molecule has 1 aliphatic rings. The third-order valence-corrected chi connectivity index (χ3v) is 6.56. The average Bonchev–Trinajstić information content (AvgIpc) is 2.97. The third-order valence-electron chi connectivity index (χ3n) is 4.19. The summed E-state index contributed by atoms with van der Waals surface area (Å²) in [5.74, 6) is 0.188. The fraction of sp³-hybridized carbons (Fsp3) is 0.600. The van der Waals surface area contributed by atoms with E-state index in [0.29, 0.717) is 11.5 Å². The van der Waals surface area contributed by atoms with Gasteiger partial charge in [0, 0.05) is 18.8 Å². The summed E-state index contributed by atoms with van der Waals surface area (Å²) < 4.78 is 50.2. The Morgan fingerprint density at radius 2 is 1.70 bits per heavy atom. The van der Waals surface area contributed by atoms with Crippen LogP contribution in [0.1, 0.15) is 31.2 Å². The van der Waals surface area contributed by atoms with Gasteiger partial charge in [-0.2, -0.15) is 0 Å². The van der Waals surface area contributed by atoms with Crippen molar-refractivity contribution in [1.29, 1.82) is 0 Å². The molecule has 0 spiro atoms. The first kappa shape index (κ1) is 18.4. The zero-order valence-corrected chi connectivity index (χ0v) is 14.9. The fourth-order valence-corrected chi connectivity index (χ4v) is 5.15. The highest BCUT2D eigenvalue weighted by atomic mass is 32.2. The molecule has 8 heteroatoms. The van der Waals surface area contributed by atoms with Crippen LogP contribution in [0.15, 0.2) is 29.2 Å². The highest BCUT2D eigenvalue weighted by Crippen LogP contribution is 2.28. The summed E-state index contributed by atoms with van der Waals surface area (Å²) in [6.45, 7) is 0.274. The Balaban J connectivity index is 2.12. The molecule has 0 heterocycles. The van der Waals surface area contributed by atoms with Crippen molar-refractivity contribution in [1.82, 2.24) is 4.72 Å². The number of hydrogen-bond acceptors (Lipinski definition) is 5. The van der Waals surface area contributed by atoms with Crippen LogP contribution in [0.5, 0.6) is 0 Å². The molecule has 0 radical (unpaired) electrons. The number of sulfonamides is 1. The highest BCUT2D eigenvalue weighted by molar-refractivity contribution is 7.90. The van der Waals surface area contributed by atoms with Gasteiger partial charge in [0.25, 0.3) is 0 Å². The minimum Gasteiger partial charge on any atom is -0.329 e. The molecule has 1 aromatic rings. The van der Waals surface area contributed by atoms with E-state index in [1.54, 1.807) is 0 Å². The molecule has 1 aliphatic carbocycles. The van der Waals surface area contributed by atoms with Gasteiger partial charge in [0.2, 0.25) is 10.0 Å². The van der Waals surface area contributed by atoms with Crippen molar-refractivity contribution in [3.05, 3.63) is 29.8 Å². The standard InChI is InChI=1S/C15H24N2O4S2/c1-22(18,19)11-12-6-8-14(9-7-12)23(20,21)17-15(10-16)13-4-2-3-5-13/h6-9,13,15,17H,2-5,10-11,16H2,1H3. The van der Waals surface area contributed by atoms with Gasteiger partial charge in [-0.15, -0.1) is 0 Å². The SMILES string of the molecule is CS(=O)(=O)Cc1ccc(S(=O)(=O)NC(CN)C2CCCC2)cc1. The number of benzene rings is 1. The first-order valence-electron chi connectivity index (χ1n) is 7.70. The molecule has 0 saturated heterocycles. The predicted octanol–water partition coefficient (Wildman–Crippen LogP) is 1.03. The second-order valence-electron chi connectivity index (χ2n) is 6.22. The monoisotopic (exact) mass is 360 g/mol. The van der Waals surface area contributed by atoms with Gasteiger partial charge in [0.1, 0.15) is 0 Å². The van der Waals surface area contributed by atoms with Crippen molar-refractivity contribution in [2.24, 2.45) is 11.7 Å². The van der Waals surface area contributed by atoms with Crippen LogP contribution in [-0.2, 0) is 25.6 Å². The zero-order valence-electron chi connectivity index (χ0n) is 13.2. The molecule has 23 heavy (non-hydrogen) atoms. The van der Waals surface area contributed by atoms with Gasteiger partial charge >= 0.3 is 0 Å². The van der Waals surface area contributed by atoms with Crippen LogP contribution in [0.2, 0.25) is 0 Å². The van der Waals surface area contributed by atoms with E-state index in [4.69, 9.17) is 5.73 Å². The Morgan fingerprint density at radius 3 is 2.17 bits per heavy atom. The minimum absolute atomic E-state index is 0.103. The van der Waals surface area contributed by atoms with E-state index in [-0.39, 0.29) is 23.2 Å². The summed E-state index contributed by atoms with van der Waals surface area (Å²) in [6, 6.07) is 5.68. The van der Waals surface area contributed by atoms with Crippen LogP contribution in [0.25, 0.3) is 0 Å². The van der Waals surface area contributed by atoms with Crippen LogP contribution in [0.3, 0.4) is 0 Å². The molecule has 0 amide bonds. The average molecular weight is 361 g/mol. The summed E-state index contributed by atoms with van der Waals surface area (Å²) in [5, 5.41) is 0. The zero-order chi connectivity index (χ0) is 17.1. The molecule has 1 fully saturated rings. The molecule has 130 valence electrons. The van der Waals surface area contributed by atoms with Gasteiger partial charge in [-0.1, -0.05) is 25.0 Å². The Kier molecular flexibility index (Phi) is 5.83. The molecule has 1 saturated carbocycles. The third kappa shape index (κ3) is 5.27. The van der Waals surface area contributed by atoms with Crippen molar-refractivity contribution >= 4 is 19.9 Å². The first-order chi connectivity index (χ1) is 10.7. The topological polar surface area (TPSA) is 106 Å². The molecular formula is C15H24N2O4S2. The summed E-state index contributed by atoms with van der Waals surface area (Å²) in [5.41, 5.74) is 6.30. The molecule has 0 aromatic heterocycles. The number of hydrogen-bond donors (Lipinski definition) is 2. The fourth-order valence-electron chi connectivity index (χ4n) is 3.03. The van der Waals surface area contributed by atoms with Crippen LogP contribution >= 0.6 is 0 Å². The van der Waals surface area contributed by atoms with E-state index in [9.17, 15) is 16.8 Å². The lowest BCUT2D eigenvalue weighted by molar-refractivity contribution is 0.405. The molecule has 1 unspecified atom stereocenters. The van der Waals surface area contributed by atoms with Crippen LogP contribution in [-0.4, -0.2) is 35.7 Å². The molecule has 1 atom stereocenters. The van der Waals surface area contributed by atoms with Crippen molar-refractivity contribution in [2.75, 3.05) is 12.8 Å². The van der Waals surface area contributed by atoms with E-state index < -0.39 is 19.9 Å². The van der Waals surface area contributed by atoms with Crippen LogP contribution in [0, 0.1) is 5.92 Å². The summed E-state index contributed by atoms with van der Waals surface area (Å²) in [7, 11) is -6.79. The molecule has 2 rings (SSSR count). The van der Waals surface area contributed by atoms with Crippen LogP contribution in [0.4, 0.5) is 0 Å². The lowest BCUT2D eigenvalue weighted by atomic mass is 9.99. The van der Waals surface area contributed by atoms with Gasteiger partial charge in [-0.05, 0) is 36.5 Å². The molecule has 6 nitrogen and oxygen atoms in total. The predicted molar refractivity (Wildman–Crippen MR) is 90.1 cm³/mol. The van der Waals surface area contributed by atoms with E-state index in [0.717, 1.165) is 31.9 Å². The summed E-state index contributed by atoms with van der Waals surface area (Å²) in [6.07, 6.45) is 5.37. The van der Waals surface area contributed by atoms with Crippen molar-refractivity contribution in [3.8, 4) is 0 Å². The Labute approximate surface area is 138 Å². The lowest BCUT2D eigenvalue weighted by Gasteiger charge is -2.23. The second kappa shape index (κ2) is 7.29.